The molecular formula is C8H16NOPS. The van der Waals surface area contributed by atoms with Gasteiger partial charge in [-0.05, 0) is 45.3 Å². The topological polar surface area (TPSA) is 12.5 Å². The Bertz CT molecular complexity index is 237. The molecule has 0 N–H and O–H groups in total. The lowest BCUT2D eigenvalue weighted by Gasteiger charge is -2.33. The predicted molar refractivity (Wildman–Crippen MR) is 56.9 cm³/mol. The largest absolute Gasteiger partial charge is 0.458 e. The maximum Gasteiger partial charge on any atom is 0.180 e. The maximum atomic E-state index is 5.80. The van der Waals surface area contributed by atoms with Crippen LogP contribution in [0.5, 0.6) is 0 Å². The second-order valence-electron chi connectivity index (χ2n) is 3.16. The third-order valence-electron chi connectivity index (χ3n) is 2.06. The molecule has 0 aliphatic carbocycles. The molecular weight excluding hydrogens is 189 g/mol. The van der Waals surface area contributed by atoms with Crippen LogP contribution in [0.2, 0.25) is 0 Å². The van der Waals surface area contributed by atoms with Gasteiger partial charge in [0.1, 0.15) is 0 Å². The molecule has 1 saturated heterocycles. The summed E-state index contributed by atoms with van der Waals surface area (Å²) in [6.45, 7) is 2.01. The molecule has 0 aromatic rings. The summed E-state index contributed by atoms with van der Waals surface area (Å²) in [5.74, 6) is 1.08. The molecule has 1 unspecified atom stereocenters. The van der Waals surface area contributed by atoms with E-state index in [1.165, 1.54) is 6.42 Å². The van der Waals surface area contributed by atoms with E-state index in [1.54, 1.807) is 0 Å². The lowest BCUT2D eigenvalue weighted by Crippen LogP contribution is -2.16. The van der Waals surface area contributed by atoms with Crippen molar-refractivity contribution in [2.45, 2.75) is 19.8 Å². The zero-order valence-corrected chi connectivity index (χ0v) is 9.62. The van der Waals surface area contributed by atoms with Crippen LogP contribution in [0.15, 0.2) is 11.8 Å². The summed E-state index contributed by atoms with van der Waals surface area (Å²) in [7, 11) is 4.03. The average Bonchev–Trinajstić information content (AvgIpc) is 2.04. The van der Waals surface area contributed by atoms with Crippen LogP contribution in [0, 0.1) is 0 Å². The van der Waals surface area contributed by atoms with Gasteiger partial charge in [0.15, 0.2) is 6.42 Å². The van der Waals surface area contributed by atoms with E-state index in [4.69, 9.17) is 16.3 Å². The Morgan fingerprint density at radius 1 is 1.58 bits per heavy atom. The van der Waals surface area contributed by atoms with Crippen molar-refractivity contribution in [3.8, 4) is 0 Å². The molecule has 0 saturated carbocycles. The van der Waals surface area contributed by atoms with Gasteiger partial charge in [-0.3, -0.25) is 4.67 Å². The van der Waals surface area contributed by atoms with Crippen molar-refractivity contribution in [1.29, 1.82) is 0 Å². The van der Waals surface area contributed by atoms with Crippen molar-refractivity contribution in [2.75, 3.05) is 20.3 Å². The van der Waals surface area contributed by atoms with Gasteiger partial charge in [0.2, 0.25) is 0 Å². The zero-order chi connectivity index (χ0) is 9.19. The molecule has 0 spiro atoms. The summed E-state index contributed by atoms with van der Waals surface area (Å²) in [4.78, 5) is 0. The highest BCUT2D eigenvalue weighted by molar-refractivity contribution is 8.11. The van der Waals surface area contributed by atoms with E-state index in [2.05, 4.69) is 4.67 Å². The van der Waals surface area contributed by atoms with Gasteiger partial charge in [-0.15, -0.1) is 0 Å². The maximum absolute atomic E-state index is 5.80. The summed E-state index contributed by atoms with van der Waals surface area (Å²) < 4.78 is 7.87. The van der Waals surface area contributed by atoms with Gasteiger partial charge >= 0.3 is 0 Å². The van der Waals surface area contributed by atoms with Gasteiger partial charge in [0.05, 0.1) is 5.76 Å². The second kappa shape index (κ2) is 3.91. The molecule has 1 heterocycles. The smallest absolute Gasteiger partial charge is 0.180 e. The first-order valence-electron chi connectivity index (χ1n) is 4.20. The van der Waals surface area contributed by atoms with Crippen LogP contribution in [0.3, 0.4) is 0 Å². The van der Waals surface area contributed by atoms with Crippen LogP contribution in [0.4, 0.5) is 0 Å². The fourth-order valence-electron chi connectivity index (χ4n) is 1.21. The predicted octanol–water partition coefficient (Wildman–Crippen LogP) is 2.57. The summed E-state index contributed by atoms with van der Waals surface area (Å²) in [5.41, 5.74) is 0. The van der Waals surface area contributed by atoms with Crippen molar-refractivity contribution in [1.82, 2.24) is 4.67 Å². The Morgan fingerprint density at radius 2 is 2.25 bits per heavy atom. The minimum Gasteiger partial charge on any atom is -0.458 e. The highest BCUT2D eigenvalue weighted by Crippen LogP contribution is 2.55. The number of rotatable bonds is 1. The minimum absolute atomic E-state index is 1.05. The van der Waals surface area contributed by atoms with Gasteiger partial charge in [0, 0.05) is 12.6 Å². The van der Waals surface area contributed by atoms with Gasteiger partial charge < -0.3 is 4.52 Å². The van der Waals surface area contributed by atoms with Crippen LogP contribution >= 0.6 is 6.42 Å². The monoisotopic (exact) mass is 205 g/mol. The van der Waals surface area contributed by atoms with Crippen LogP contribution in [0.25, 0.3) is 0 Å². The molecule has 4 heteroatoms. The molecule has 1 rings (SSSR count). The molecule has 1 atom stereocenters. The van der Waals surface area contributed by atoms with Crippen LogP contribution in [0.1, 0.15) is 19.8 Å². The number of hydrogen-bond donors (Lipinski definition) is 0. The molecule has 12 heavy (non-hydrogen) atoms. The summed E-state index contributed by atoms with van der Waals surface area (Å²) >= 11 is 5.49. The van der Waals surface area contributed by atoms with E-state index in [0.29, 0.717) is 0 Å². The second-order valence-corrected chi connectivity index (χ2v) is 7.57. The van der Waals surface area contributed by atoms with Gasteiger partial charge in [-0.2, -0.15) is 0 Å². The Kier molecular flexibility index (Phi) is 3.33. The fourth-order valence-corrected chi connectivity index (χ4v) is 3.66. The summed E-state index contributed by atoms with van der Waals surface area (Å²) in [6.07, 6.45) is 3.65. The van der Waals surface area contributed by atoms with E-state index in [0.717, 1.165) is 18.3 Å². The van der Waals surface area contributed by atoms with Crippen LogP contribution < -0.4 is 0 Å². The van der Waals surface area contributed by atoms with Crippen LogP contribution in [-0.2, 0) is 16.3 Å². The highest BCUT2D eigenvalue weighted by Gasteiger charge is 2.26. The molecule has 1 aliphatic heterocycles. The average molecular weight is 205 g/mol. The SMILES string of the molecule is C/C=C1/CCCP(=S)(N(C)C)O1. The van der Waals surface area contributed by atoms with Crippen molar-refractivity contribution in [2.24, 2.45) is 0 Å². The third kappa shape index (κ3) is 2.09. The van der Waals surface area contributed by atoms with Crippen molar-refractivity contribution in [3.63, 3.8) is 0 Å². The molecule has 0 amide bonds. The first-order chi connectivity index (χ1) is 5.58. The van der Waals surface area contributed by atoms with Crippen molar-refractivity contribution >= 4 is 18.2 Å². The molecule has 1 aliphatic rings. The first-order valence-corrected chi connectivity index (χ1v) is 7.06. The lowest BCUT2D eigenvalue weighted by molar-refractivity contribution is 0.381. The molecule has 2 nitrogen and oxygen atoms in total. The van der Waals surface area contributed by atoms with E-state index >= 15 is 0 Å². The molecule has 0 aromatic carbocycles. The normalized spacial score (nSPS) is 33.8. The lowest BCUT2D eigenvalue weighted by atomic mass is 10.3. The fraction of sp³-hybridized carbons (Fsp3) is 0.750. The Hall–Kier alpha value is 0.150. The quantitative estimate of drug-likeness (QED) is 0.610. The van der Waals surface area contributed by atoms with Crippen molar-refractivity contribution in [3.05, 3.63) is 11.8 Å². The molecule has 0 radical (unpaired) electrons. The van der Waals surface area contributed by atoms with E-state index in [-0.39, 0.29) is 0 Å². The van der Waals surface area contributed by atoms with E-state index in [9.17, 15) is 0 Å². The molecule has 1 fully saturated rings. The molecule has 70 valence electrons. The first kappa shape index (κ1) is 10.2. The standard InChI is InChI=1S/C8H16NOPS/c1-4-8-6-5-7-11(12,10-8)9(2)3/h4H,5-7H2,1-3H3/b8-4-. The Morgan fingerprint density at radius 3 is 2.75 bits per heavy atom. The molecule has 0 aromatic heterocycles. The minimum atomic E-state index is -1.66. The van der Waals surface area contributed by atoms with Crippen molar-refractivity contribution < 1.29 is 4.52 Å². The summed E-state index contributed by atoms with van der Waals surface area (Å²) in [6, 6.07) is 0. The number of hydrogen-bond acceptors (Lipinski definition) is 2. The zero-order valence-electron chi connectivity index (χ0n) is 7.91. The number of allylic oxidation sites excluding steroid dienone is 2. The van der Waals surface area contributed by atoms with Gasteiger partial charge in [-0.1, -0.05) is 0 Å². The number of nitrogens with zero attached hydrogens (tertiary/aromatic N) is 1. The highest BCUT2D eigenvalue weighted by atomic mass is 32.4. The van der Waals surface area contributed by atoms with Crippen LogP contribution in [-0.4, -0.2) is 24.9 Å². The summed E-state index contributed by atoms with van der Waals surface area (Å²) in [5, 5.41) is 0. The molecule has 0 bridgehead atoms. The third-order valence-corrected chi connectivity index (χ3v) is 6.43. The Balaban J connectivity index is 2.75. The van der Waals surface area contributed by atoms with Gasteiger partial charge in [0.25, 0.3) is 0 Å². The van der Waals surface area contributed by atoms with Gasteiger partial charge in [-0.25, -0.2) is 0 Å². The van der Waals surface area contributed by atoms with E-state index < -0.39 is 6.42 Å². The Labute approximate surface area is 79.7 Å². The van der Waals surface area contributed by atoms with E-state index in [1.807, 2.05) is 27.1 Å².